The number of nitrogens with two attached hydrogens (primary N) is 1. The first-order chi connectivity index (χ1) is 10.7. The molecule has 0 amide bonds. The largest absolute Gasteiger partial charge is 0.383 e. The number of carbonyl (C=O) groups excluding carboxylic acids is 1. The van der Waals surface area contributed by atoms with Crippen molar-refractivity contribution >= 4 is 11.7 Å². The van der Waals surface area contributed by atoms with Gasteiger partial charge in [-0.2, -0.15) is 9.78 Å². The van der Waals surface area contributed by atoms with E-state index in [-0.39, 0.29) is 11.8 Å². The number of nitrogen functional groups attached to an aromatic ring is 1. The molecule has 2 aliphatic carbocycles. The number of fused-ring (bicyclic) bond motifs is 2. The first-order valence-electron chi connectivity index (χ1n) is 8.21. The Balaban J connectivity index is 1.72. The van der Waals surface area contributed by atoms with Gasteiger partial charge in [0.2, 0.25) is 0 Å². The van der Waals surface area contributed by atoms with Gasteiger partial charge in [0.05, 0.1) is 11.6 Å². The van der Waals surface area contributed by atoms with Crippen LogP contribution in [0.5, 0.6) is 0 Å². The van der Waals surface area contributed by atoms with Crippen molar-refractivity contribution in [2.24, 2.45) is 7.05 Å². The van der Waals surface area contributed by atoms with E-state index < -0.39 is 0 Å². The summed E-state index contributed by atoms with van der Waals surface area (Å²) in [7, 11) is 2.05. The summed E-state index contributed by atoms with van der Waals surface area (Å²) in [5.41, 5.74) is 10.8. The number of carbonyl (C=O) groups is 1. The highest BCUT2D eigenvalue weighted by Crippen LogP contribution is 2.35. The second-order valence-electron chi connectivity index (χ2n) is 6.54. The summed E-state index contributed by atoms with van der Waals surface area (Å²) in [6.07, 6.45) is 9.22. The van der Waals surface area contributed by atoms with Crippen molar-refractivity contribution in [2.45, 2.75) is 50.9 Å². The summed E-state index contributed by atoms with van der Waals surface area (Å²) < 4.78 is 3.62. The van der Waals surface area contributed by atoms with Crippen LogP contribution < -0.4 is 5.73 Å². The summed E-state index contributed by atoms with van der Waals surface area (Å²) in [5, 5.41) is 4.54. The third-order valence-electron chi connectivity index (χ3n) is 5.22. The number of rotatable bonds is 1. The van der Waals surface area contributed by atoms with Crippen LogP contribution in [0.4, 0.5) is 5.82 Å². The fourth-order valence-corrected chi connectivity index (χ4v) is 4.00. The van der Waals surface area contributed by atoms with Crippen molar-refractivity contribution in [1.29, 1.82) is 0 Å². The van der Waals surface area contributed by atoms with Crippen molar-refractivity contribution in [3.05, 3.63) is 34.8 Å². The van der Waals surface area contributed by atoms with Crippen LogP contribution in [0.15, 0.2) is 12.3 Å². The second-order valence-corrected chi connectivity index (χ2v) is 6.54. The fourth-order valence-electron chi connectivity index (χ4n) is 4.00. The number of nitrogens with zero attached hydrogens (tertiary/aromatic N) is 3. The Bertz CT molecular complexity index is 740. The molecule has 2 aliphatic rings. The van der Waals surface area contributed by atoms with Crippen molar-refractivity contribution in [1.82, 2.24) is 14.3 Å². The van der Waals surface area contributed by atoms with E-state index in [9.17, 15) is 4.79 Å². The Kier molecular flexibility index (Phi) is 3.10. The Labute approximate surface area is 130 Å². The molecule has 0 unspecified atom stereocenters. The molecule has 0 bridgehead atoms. The van der Waals surface area contributed by atoms with Gasteiger partial charge < -0.3 is 10.3 Å². The van der Waals surface area contributed by atoms with Crippen LogP contribution in [0, 0.1) is 0 Å². The van der Waals surface area contributed by atoms with Crippen LogP contribution in [-0.2, 0) is 26.3 Å². The van der Waals surface area contributed by atoms with E-state index in [1.165, 1.54) is 10.4 Å². The Morgan fingerprint density at radius 1 is 1.27 bits per heavy atom. The maximum atomic E-state index is 13.0. The van der Waals surface area contributed by atoms with Crippen LogP contribution >= 0.6 is 0 Å². The smallest absolute Gasteiger partial charge is 0.256 e. The number of anilines is 1. The molecule has 5 heteroatoms. The Hall–Kier alpha value is -2.04. The Morgan fingerprint density at radius 2 is 2.09 bits per heavy atom. The van der Waals surface area contributed by atoms with Gasteiger partial charge in [-0.3, -0.25) is 4.79 Å². The van der Waals surface area contributed by atoms with Gasteiger partial charge in [-0.1, -0.05) is 0 Å². The summed E-state index contributed by atoms with van der Waals surface area (Å²) >= 11 is 0. The van der Waals surface area contributed by atoms with Crippen molar-refractivity contribution in [2.75, 3.05) is 5.73 Å². The van der Waals surface area contributed by atoms with Gasteiger partial charge in [-0.25, -0.2) is 0 Å². The molecule has 2 N–H and O–H groups in total. The molecule has 4 rings (SSSR count). The highest BCUT2D eigenvalue weighted by molar-refractivity contribution is 5.88. The van der Waals surface area contributed by atoms with E-state index >= 15 is 0 Å². The van der Waals surface area contributed by atoms with Crippen LogP contribution in [-0.4, -0.2) is 20.3 Å². The molecule has 2 aromatic heterocycles. The second kappa shape index (κ2) is 5.00. The highest BCUT2D eigenvalue weighted by atomic mass is 16.2. The van der Waals surface area contributed by atoms with Crippen LogP contribution in [0.3, 0.4) is 0 Å². The average Bonchev–Trinajstić information content (AvgIpc) is 3.08. The zero-order chi connectivity index (χ0) is 15.3. The van der Waals surface area contributed by atoms with Gasteiger partial charge in [0, 0.05) is 24.5 Å². The fraction of sp³-hybridized carbons (Fsp3) is 0.529. The molecule has 0 aromatic carbocycles. The quantitative estimate of drug-likeness (QED) is 0.879. The first kappa shape index (κ1) is 13.6. The van der Waals surface area contributed by atoms with Gasteiger partial charge in [-0.15, -0.1) is 0 Å². The molecule has 22 heavy (non-hydrogen) atoms. The van der Waals surface area contributed by atoms with Gasteiger partial charge >= 0.3 is 0 Å². The van der Waals surface area contributed by atoms with Crippen LogP contribution in [0.25, 0.3) is 0 Å². The number of aryl methyl sites for hydroxylation is 2. The van der Waals surface area contributed by atoms with Gasteiger partial charge in [0.15, 0.2) is 0 Å². The third kappa shape index (κ3) is 1.91. The van der Waals surface area contributed by atoms with E-state index in [0.717, 1.165) is 61.8 Å². The molecular weight excluding hydrogens is 276 g/mol. The molecule has 0 radical (unpaired) electrons. The first-order valence-corrected chi connectivity index (χ1v) is 8.21. The number of aromatic nitrogens is 3. The maximum absolute atomic E-state index is 13.0. The SMILES string of the molecule is Cn1ccc2c1CCC[C@H]2C(=O)n1nc2c(c1N)CCCC2. The molecule has 0 aliphatic heterocycles. The van der Waals surface area contributed by atoms with Crippen LogP contribution in [0.2, 0.25) is 0 Å². The monoisotopic (exact) mass is 298 g/mol. The third-order valence-corrected chi connectivity index (χ3v) is 5.22. The highest BCUT2D eigenvalue weighted by Gasteiger charge is 2.32. The molecule has 0 spiro atoms. The summed E-state index contributed by atoms with van der Waals surface area (Å²) in [6.45, 7) is 0. The average molecular weight is 298 g/mol. The lowest BCUT2D eigenvalue weighted by Gasteiger charge is -2.22. The molecule has 5 nitrogen and oxygen atoms in total. The minimum Gasteiger partial charge on any atom is -0.383 e. The Morgan fingerprint density at radius 3 is 2.91 bits per heavy atom. The van der Waals surface area contributed by atoms with E-state index in [0.29, 0.717) is 5.82 Å². The minimum atomic E-state index is -0.103. The lowest BCUT2D eigenvalue weighted by atomic mass is 9.86. The van der Waals surface area contributed by atoms with Gasteiger partial charge in [-0.05, 0) is 56.6 Å². The van der Waals surface area contributed by atoms with Crippen molar-refractivity contribution in [3.8, 4) is 0 Å². The molecule has 0 fully saturated rings. The number of hydrogen-bond acceptors (Lipinski definition) is 3. The predicted octanol–water partition coefficient (Wildman–Crippen LogP) is 2.44. The van der Waals surface area contributed by atoms with Crippen molar-refractivity contribution in [3.63, 3.8) is 0 Å². The topological polar surface area (TPSA) is 65.8 Å². The minimum absolute atomic E-state index is 0.0408. The van der Waals surface area contributed by atoms with Gasteiger partial charge in [0.1, 0.15) is 5.82 Å². The molecule has 2 heterocycles. The zero-order valence-electron chi connectivity index (χ0n) is 13.0. The predicted molar refractivity (Wildman–Crippen MR) is 85.0 cm³/mol. The summed E-state index contributed by atoms with van der Waals surface area (Å²) in [6, 6.07) is 2.08. The van der Waals surface area contributed by atoms with Crippen molar-refractivity contribution < 1.29 is 4.79 Å². The molecule has 1 atom stereocenters. The van der Waals surface area contributed by atoms with Crippen LogP contribution in [0.1, 0.15) is 58.9 Å². The maximum Gasteiger partial charge on any atom is 0.256 e. The van der Waals surface area contributed by atoms with E-state index in [2.05, 4.69) is 15.7 Å². The summed E-state index contributed by atoms with van der Waals surface area (Å²) in [4.78, 5) is 13.0. The van der Waals surface area contributed by atoms with E-state index in [1.807, 2.05) is 13.2 Å². The lowest BCUT2D eigenvalue weighted by molar-refractivity contribution is 0.0854. The molecule has 2 aromatic rings. The molecular formula is C17H22N4O. The normalized spacial score (nSPS) is 20.5. The van der Waals surface area contributed by atoms with E-state index in [1.54, 1.807) is 0 Å². The summed E-state index contributed by atoms with van der Waals surface area (Å²) in [5.74, 6) is 0.510. The number of hydrogen-bond donors (Lipinski definition) is 1. The lowest BCUT2D eigenvalue weighted by Crippen LogP contribution is -2.26. The molecule has 116 valence electrons. The van der Waals surface area contributed by atoms with E-state index in [4.69, 9.17) is 5.73 Å². The standard InChI is InChI=1S/C17H22N4O/c1-20-10-9-11-12(6-4-8-15(11)20)17(22)21-16(18)13-5-2-3-7-14(13)19-21/h9-10,12H,2-8,18H2,1H3/t12-/m1/s1. The molecule has 0 saturated heterocycles. The molecule has 0 saturated carbocycles. The zero-order valence-corrected chi connectivity index (χ0v) is 13.0. The van der Waals surface area contributed by atoms with Gasteiger partial charge in [0.25, 0.3) is 5.91 Å².